The molecule has 0 saturated heterocycles. The molecule has 510 valence electrons. The molecule has 1 aliphatic carbocycles. The Morgan fingerprint density at radius 3 is 1.08 bits per heavy atom. The number of anilines is 3. The van der Waals surface area contributed by atoms with Crippen molar-refractivity contribution >= 4 is 144 Å². The zero-order valence-corrected chi connectivity index (χ0v) is 65.7. The van der Waals surface area contributed by atoms with Gasteiger partial charge in [0, 0.05) is 149 Å². The molecule has 1 aliphatic heterocycles. The van der Waals surface area contributed by atoms with Gasteiger partial charge in [-0.25, -0.2) is 18.3 Å². The van der Waals surface area contributed by atoms with Gasteiger partial charge in [-0.2, -0.15) is 0 Å². The summed E-state index contributed by atoms with van der Waals surface area (Å²) < 4.78 is 9.05. The number of nitrogens with zero attached hydrogens (tertiary/aromatic N) is 8. The molecule has 0 bridgehead atoms. The van der Waals surface area contributed by atoms with Crippen molar-refractivity contribution in [2.24, 2.45) is 4.99 Å². The summed E-state index contributed by atoms with van der Waals surface area (Å²) in [6.45, 7) is 11.6. The molecule has 95 heavy (non-hydrogen) atoms. The lowest BCUT2D eigenvalue weighted by Crippen LogP contribution is -2.34. The fourth-order valence-electron chi connectivity index (χ4n) is 8.33. The molecule has 2 aliphatic rings. The first-order valence-electron chi connectivity index (χ1n) is 32.1. The molecule has 0 spiro atoms. The highest BCUT2D eigenvalue weighted by atomic mass is 79.9. The smallest absolute Gasteiger partial charge is 0.300 e. The summed E-state index contributed by atoms with van der Waals surface area (Å²) in [5.41, 5.74) is 13.4. The highest BCUT2D eigenvalue weighted by molar-refractivity contribution is 9.09. The van der Waals surface area contributed by atoms with Gasteiger partial charge < -0.3 is 19.8 Å². The third-order valence-electron chi connectivity index (χ3n) is 13.9. The molecule has 5 heterocycles. The number of alkyl halides is 2. The molecule has 0 amide bonds. The Morgan fingerprint density at radius 1 is 0.474 bits per heavy atom. The maximum atomic E-state index is 10.3. The first kappa shape index (κ1) is 83.9. The van der Waals surface area contributed by atoms with Crippen molar-refractivity contribution in [3.8, 4) is 0 Å². The number of carboxylic acid groups (broad SMARTS) is 1. The van der Waals surface area contributed by atoms with E-state index in [0.29, 0.717) is 0 Å². The number of rotatable bonds is 28. The van der Waals surface area contributed by atoms with Crippen LogP contribution in [0, 0.1) is 13.8 Å². The average molecular weight is 1530 g/mol. The number of aromatic nitrogens is 4. The predicted molar refractivity (Wildman–Crippen MR) is 429 cm³/mol. The second-order valence-electron chi connectivity index (χ2n) is 22.6. The van der Waals surface area contributed by atoms with Gasteiger partial charge in [-0.1, -0.05) is 170 Å². The standard InChI is InChI=1S/C34H42N4S2.C16H22N2S2.C9H11NO.C6H6N.C5H10.C4H8Br2S2.C2H4O2/c1-35(2)33-13-9-29(10-14-33)5-7-31-17-21-37(22-18-31)25-27-39-40-28-26-38-23-19-32(20-24-38)8-6-30-11-15-34(16-12-30)36(3)4;1-15-3-7-17(8-4-15)11-13-19-20-14-12-18-9-5-16(2)6-10-18;1-10(2)9-5-3-8(7-11)4-6-9;1-6-2-4-7-5-3-6;1-2-4-5-3-1;5-1-3-7-8-4-2-6;1-2(3)4/h5,7,9-24H,6,8,25-28H2,1-4H3;3-10H,11-14H2,1-2H3;3-7H,1-2H3;2-4H,1H3;1-5H2;1-4H2;1H3,(H,3,4)/q2*+2;;+1;;;. The number of allylic oxidation sites excluding steroid dienone is 3. The summed E-state index contributed by atoms with van der Waals surface area (Å²) in [4.78, 5) is 29.2. The summed E-state index contributed by atoms with van der Waals surface area (Å²) in [7, 11) is 23.9. The molecule has 0 atom stereocenters. The van der Waals surface area contributed by atoms with E-state index in [2.05, 4.69) is 272 Å². The van der Waals surface area contributed by atoms with E-state index < -0.39 is 5.97 Å². The summed E-state index contributed by atoms with van der Waals surface area (Å²) in [5.74, 6) is 6.09. The minimum absolute atomic E-state index is 0.718. The quantitative estimate of drug-likeness (QED) is 0.0126. The Kier molecular flexibility index (Phi) is 47.4. The molecule has 9 rings (SSSR count). The molecule has 1 fully saturated rings. The van der Waals surface area contributed by atoms with E-state index >= 15 is 0 Å². The molecule has 19 heteroatoms. The molecular formula is C76H103Br2N8O3S6+5. The second-order valence-corrected chi connectivity index (χ2v) is 32.3. The Hall–Kier alpha value is -5.34. The molecule has 4 aromatic heterocycles. The maximum absolute atomic E-state index is 10.3. The lowest BCUT2D eigenvalue weighted by molar-refractivity contribution is -0.692. The Bertz CT molecular complexity index is 3160. The van der Waals surface area contributed by atoms with Crippen molar-refractivity contribution in [1.82, 2.24) is 0 Å². The number of carbonyl (C=O) groups is 2. The molecule has 11 nitrogen and oxygen atoms in total. The number of carboxylic acids is 1. The first-order valence-corrected chi connectivity index (χ1v) is 41.8. The number of aliphatic imine (C=N–C) groups is 1. The van der Waals surface area contributed by atoms with Gasteiger partial charge in [0.1, 0.15) is 18.6 Å². The van der Waals surface area contributed by atoms with Crippen molar-refractivity contribution in [3.63, 3.8) is 0 Å². The highest BCUT2D eigenvalue weighted by Gasteiger charge is 2.07. The van der Waals surface area contributed by atoms with Gasteiger partial charge in [-0.15, -0.1) is 0 Å². The number of aryl methyl sites for hydroxylation is 8. The molecule has 1 saturated carbocycles. The van der Waals surface area contributed by atoms with Crippen LogP contribution in [0.25, 0.3) is 12.2 Å². The highest BCUT2D eigenvalue weighted by Crippen LogP contribution is 2.23. The molecular weight excluding hydrogens is 1430 g/mol. The van der Waals surface area contributed by atoms with Crippen molar-refractivity contribution < 1.29 is 33.0 Å². The lowest BCUT2D eigenvalue weighted by Gasteiger charge is -2.12. The summed E-state index contributed by atoms with van der Waals surface area (Å²) >= 11 is 6.71. The first-order chi connectivity index (χ1) is 46.0. The van der Waals surface area contributed by atoms with Gasteiger partial charge in [-0.05, 0) is 109 Å². The minimum atomic E-state index is -0.833. The van der Waals surface area contributed by atoms with Crippen LogP contribution < -0.4 is 33.0 Å². The monoisotopic (exact) mass is 1530 g/mol. The number of benzene rings is 3. The van der Waals surface area contributed by atoms with Crippen LogP contribution in [0.3, 0.4) is 0 Å². The molecule has 0 radical (unpaired) electrons. The van der Waals surface area contributed by atoms with E-state index in [-0.39, 0.29) is 0 Å². The van der Waals surface area contributed by atoms with Crippen molar-refractivity contribution in [1.29, 1.82) is 0 Å². The normalized spacial score (nSPS) is 11.6. The van der Waals surface area contributed by atoms with Crippen LogP contribution in [-0.4, -0.2) is 111 Å². The third kappa shape index (κ3) is 42.8. The molecule has 7 aromatic rings. The number of hydrogen-bond acceptors (Lipinski definition) is 12. The van der Waals surface area contributed by atoms with E-state index in [1.165, 1.54) is 93.9 Å². The number of hydrogen-bond donors (Lipinski definition) is 1. The molecule has 0 unspecified atom stereocenters. The zero-order chi connectivity index (χ0) is 69.1. The minimum Gasteiger partial charge on any atom is -0.481 e. The van der Waals surface area contributed by atoms with Gasteiger partial charge in [-0.3, -0.25) is 9.59 Å². The fourth-order valence-corrected chi connectivity index (χ4v) is 16.1. The third-order valence-corrected chi connectivity index (χ3v) is 22.9. The van der Waals surface area contributed by atoms with Crippen molar-refractivity contribution in [2.45, 2.75) is 98.8 Å². The van der Waals surface area contributed by atoms with Crippen molar-refractivity contribution in [3.05, 3.63) is 234 Å². The Balaban J connectivity index is 0.000000350. The van der Waals surface area contributed by atoms with E-state index in [4.69, 9.17) is 9.90 Å². The number of aldehydes is 1. The van der Waals surface area contributed by atoms with Crippen LogP contribution in [0.2, 0.25) is 0 Å². The van der Waals surface area contributed by atoms with Crippen LogP contribution in [0.1, 0.15) is 89.7 Å². The number of pyridine rings is 4. The van der Waals surface area contributed by atoms with Gasteiger partial charge >= 0.3 is 0 Å². The maximum Gasteiger partial charge on any atom is 0.300 e. The topological polar surface area (TPSA) is 92.0 Å². The van der Waals surface area contributed by atoms with E-state index in [0.717, 1.165) is 97.2 Å². The fraction of sp³-hybridized carbons (Fsp3) is 0.382. The Labute approximate surface area is 611 Å². The van der Waals surface area contributed by atoms with Gasteiger partial charge in [0.15, 0.2) is 82.0 Å². The van der Waals surface area contributed by atoms with Crippen LogP contribution in [0.4, 0.5) is 17.1 Å². The van der Waals surface area contributed by atoms with Crippen molar-refractivity contribution in [2.75, 3.05) is 102 Å². The number of halogens is 2. The van der Waals surface area contributed by atoms with E-state index in [9.17, 15) is 4.79 Å². The van der Waals surface area contributed by atoms with Gasteiger partial charge in [0.05, 0.1) is 34.7 Å². The van der Waals surface area contributed by atoms with E-state index in [1.54, 1.807) is 6.20 Å². The molecule has 1 N–H and O–H groups in total. The SMILES string of the molecule is BrCCSSCCBr.C1CCCC1.CC(=O)O.CC1=C[C+]=NC=C1.CN(C)c1ccc(/C=C/c2cc[n+](CCSSCC[n+]3ccc(CCc4ccc(N(C)C)cc4)cc3)cc2)cc1.CN(C)c1ccc(C=O)cc1.Cc1cc[n+](CCSSCC[n+]2ccc(C)cc2)cc1. The number of aliphatic carboxylic acids is 1. The van der Waals surface area contributed by atoms with Crippen LogP contribution in [0.5, 0.6) is 0 Å². The van der Waals surface area contributed by atoms with Gasteiger partial charge in [0.2, 0.25) is 0 Å². The van der Waals surface area contributed by atoms with Crippen LogP contribution in [0.15, 0.2) is 200 Å². The number of carbonyl (C=O) groups excluding carboxylic acids is 1. The van der Waals surface area contributed by atoms with Gasteiger partial charge in [0.25, 0.3) is 5.97 Å². The van der Waals surface area contributed by atoms with E-state index in [1.807, 2.05) is 127 Å². The Morgan fingerprint density at radius 2 is 0.779 bits per heavy atom. The lowest BCUT2D eigenvalue weighted by atomic mass is 10.1. The second kappa shape index (κ2) is 53.7. The average Bonchev–Trinajstić information content (AvgIpc) is 1.92. The molecule has 3 aromatic carbocycles. The summed E-state index contributed by atoms with van der Waals surface area (Å²) in [6, 6.07) is 42.5. The van der Waals surface area contributed by atoms with Crippen LogP contribution in [-0.2, 0) is 43.8 Å². The zero-order valence-electron chi connectivity index (χ0n) is 57.6. The van der Waals surface area contributed by atoms with Crippen LogP contribution >= 0.6 is 96.6 Å². The summed E-state index contributed by atoms with van der Waals surface area (Å²) in [5, 5.41) is 9.62. The predicted octanol–water partition coefficient (Wildman–Crippen LogP) is 17.6. The largest absolute Gasteiger partial charge is 0.481 e. The summed E-state index contributed by atoms with van der Waals surface area (Å²) in [6.07, 6.45) is 40.5.